The molecule has 1 saturated heterocycles. The molecule has 0 aromatic rings. The zero-order valence-electron chi connectivity index (χ0n) is 7.58. The second kappa shape index (κ2) is 4.23. The first-order valence-corrected chi connectivity index (χ1v) is 4.32. The zero-order chi connectivity index (χ0) is 9.84. The summed E-state index contributed by atoms with van der Waals surface area (Å²) in [5, 5.41) is 2.48. The molecule has 5 nitrogen and oxygen atoms in total. The summed E-state index contributed by atoms with van der Waals surface area (Å²) in [5.74, 6) is -0.782. The molecule has 2 atom stereocenters. The van der Waals surface area contributed by atoms with Gasteiger partial charge >= 0.3 is 0 Å². The lowest BCUT2D eigenvalue weighted by Gasteiger charge is -2.13. The van der Waals surface area contributed by atoms with Crippen LogP contribution in [-0.4, -0.2) is 30.6 Å². The van der Waals surface area contributed by atoms with E-state index < -0.39 is 18.1 Å². The van der Waals surface area contributed by atoms with Crippen molar-refractivity contribution in [2.45, 2.75) is 31.9 Å². The van der Waals surface area contributed by atoms with Gasteiger partial charge in [0.25, 0.3) is 0 Å². The molecule has 0 aromatic carbocycles. The maximum atomic E-state index is 11.3. The van der Waals surface area contributed by atoms with Crippen LogP contribution in [0.5, 0.6) is 0 Å². The Morgan fingerprint density at radius 2 is 2.31 bits per heavy atom. The van der Waals surface area contributed by atoms with Crippen LogP contribution in [0.1, 0.15) is 19.8 Å². The van der Waals surface area contributed by atoms with Crippen LogP contribution in [-0.2, 0) is 14.3 Å². The van der Waals surface area contributed by atoms with Crippen LogP contribution in [0.25, 0.3) is 0 Å². The predicted molar refractivity (Wildman–Crippen MR) is 45.8 cm³/mol. The van der Waals surface area contributed by atoms with Crippen molar-refractivity contribution < 1.29 is 14.3 Å². The van der Waals surface area contributed by atoms with Gasteiger partial charge in [0.05, 0.1) is 0 Å². The van der Waals surface area contributed by atoms with E-state index in [-0.39, 0.29) is 5.91 Å². The van der Waals surface area contributed by atoms with E-state index in [4.69, 9.17) is 10.5 Å². The van der Waals surface area contributed by atoms with E-state index in [0.717, 1.165) is 12.8 Å². The highest BCUT2D eigenvalue weighted by molar-refractivity contribution is 5.88. The highest BCUT2D eigenvalue weighted by Crippen LogP contribution is 2.11. The number of carbonyl (C=O) groups is 2. The molecule has 74 valence electrons. The highest BCUT2D eigenvalue weighted by Gasteiger charge is 2.25. The van der Waals surface area contributed by atoms with Crippen LogP contribution in [0.2, 0.25) is 0 Å². The fourth-order valence-electron chi connectivity index (χ4n) is 1.16. The predicted octanol–water partition coefficient (Wildman–Crippen LogP) is -0.845. The van der Waals surface area contributed by atoms with Crippen molar-refractivity contribution in [2.24, 2.45) is 5.73 Å². The Morgan fingerprint density at radius 1 is 1.62 bits per heavy atom. The first kappa shape index (κ1) is 9.98. The standard InChI is InChI=1S/C8H14N2O3/c1-5(7(9)11)10-8(12)6-3-2-4-13-6/h5-6H,2-4H2,1H3,(H2,9,11)(H,10,12)/t5-,6?/m0/s1. The number of ether oxygens (including phenoxy) is 1. The lowest BCUT2D eigenvalue weighted by Crippen LogP contribution is -2.46. The van der Waals surface area contributed by atoms with Gasteiger partial charge < -0.3 is 15.8 Å². The smallest absolute Gasteiger partial charge is 0.249 e. The third kappa shape index (κ3) is 2.69. The zero-order valence-corrected chi connectivity index (χ0v) is 7.58. The number of primary amides is 1. The van der Waals surface area contributed by atoms with E-state index in [1.54, 1.807) is 6.92 Å². The molecular weight excluding hydrogens is 172 g/mol. The summed E-state index contributed by atoms with van der Waals surface area (Å²) in [5.41, 5.74) is 4.99. The van der Waals surface area contributed by atoms with Crippen LogP contribution in [0.3, 0.4) is 0 Å². The molecule has 0 saturated carbocycles. The number of carbonyl (C=O) groups excluding carboxylic acids is 2. The van der Waals surface area contributed by atoms with Gasteiger partial charge in [-0.2, -0.15) is 0 Å². The van der Waals surface area contributed by atoms with E-state index >= 15 is 0 Å². The van der Waals surface area contributed by atoms with E-state index in [9.17, 15) is 9.59 Å². The van der Waals surface area contributed by atoms with Gasteiger partial charge in [0.1, 0.15) is 12.1 Å². The van der Waals surface area contributed by atoms with Gasteiger partial charge in [-0.25, -0.2) is 0 Å². The van der Waals surface area contributed by atoms with Gasteiger partial charge in [-0.15, -0.1) is 0 Å². The molecular formula is C8H14N2O3. The van der Waals surface area contributed by atoms with Gasteiger partial charge in [-0.3, -0.25) is 9.59 Å². The van der Waals surface area contributed by atoms with E-state index in [1.165, 1.54) is 0 Å². The SMILES string of the molecule is C[C@H](NC(=O)C1CCCO1)C(N)=O. The van der Waals surface area contributed by atoms with Gasteiger partial charge in [0.15, 0.2) is 0 Å². The first-order chi connectivity index (χ1) is 6.11. The van der Waals surface area contributed by atoms with Gasteiger partial charge in [-0.1, -0.05) is 0 Å². The average molecular weight is 186 g/mol. The second-order valence-electron chi connectivity index (χ2n) is 3.13. The maximum absolute atomic E-state index is 11.3. The van der Waals surface area contributed by atoms with E-state index in [2.05, 4.69) is 5.32 Å². The molecule has 0 aromatic heterocycles. The molecule has 1 rings (SSSR count). The summed E-state index contributed by atoms with van der Waals surface area (Å²) in [7, 11) is 0. The molecule has 1 aliphatic rings. The van der Waals surface area contributed by atoms with Gasteiger partial charge in [-0.05, 0) is 19.8 Å². The quantitative estimate of drug-likeness (QED) is 0.602. The molecule has 13 heavy (non-hydrogen) atoms. The topological polar surface area (TPSA) is 81.4 Å². The van der Waals surface area contributed by atoms with Crippen molar-refractivity contribution in [3.63, 3.8) is 0 Å². The number of hydrogen-bond acceptors (Lipinski definition) is 3. The summed E-state index contributed by atoms with van der Waals surface area (Å²) in [6.07, 6.45) is 1.21. The van der Waals surface area contributed by atoms with Crippen LogP contribution >= 0.6 is 0 Å². The average Bonchev–Trinajstić information content (AvgIpc) is 2.55. The van der Waals surface area contributed by atoms with Gasteiger partial charge in [0.2, 0.25) is 11.8 Å². The number of hydrogen-bond donors (Lipinski definition) is 2. The third-order valence-corrected chi connectivity index (χ3v) is 2.01. The Hall–Kier alpha value is -1.10. The minimum Gasteiger partial charge on any atom is -0.368 e. The molecule has 0 aliphatic carbocycles. The molecule has 1 fully saturated rings. The normalized spacial score (nSPS) is 23.9. The Labute approximate surface area is 76.6 Å². The number of amides is 2. The Balaban J connectivity index is 2.35. The minimum atomic E-state index is -0.628. The van der Waals surface area contributed by atoms with Crippen molar-refractivity contribution in [3.05, 3.63) is 0 Å². The van der Waals surface area contributed by atoms with Crippen LogP contribution in [0.15, 0.2) is 0 Å². The van der Waals surface area contributed by atoms with Crippen LogP contribution < -0.4 is 11.1 Å². The van der Waals surface area contributed by atoms with Gasteiger partial charge in [0, 0.05) is 6.61 Å². The second-order valence-corrected chi connectivity index (χ2v) is 3.13. The molecule has 0 radical (unpaired) electrons. The number of rotatable bonds is 3. The summed E-state index contributed by atoms with van der Waals surface area (Å²) in [4.78, 5) is 21.9. The molecule has 1 aliphatic heterocycles. The first-order valence-electron chi connectivity index (χ1n) is 4.32. The van der Waals surface area contributed by atoms with Crippen LogP contribution in [0, 0.1) is 0 Å². The Bertz CT molecular complexity index is 211. The summed E-state index contributed by atoms with van der Waals surface area (Å²) >= 11 is 0. The maximum Gasteiger partial charge on any atom is 0.249 e. The monoisotopic (exact) mass is 186 g/mol. The molecule has 0 spiro atoms. The lowest BCUT2D eigenvalue weighted by atomic mass is 10.2. The van der Waals surface area contributed by atoms with Crippen LogP contribution in [0.4, 0.5) is 0 Å². The minimum absolute atomic E-state index is 0.246. The largest absolute Gasteiger partial charge is 0.368 e. The Morgan fingerprint density at radius 3 is 2.77 bits per heavy atom. The molecule has 3 N–H and O–H groups in total. The highest BCUT2D eigenvalue weighted by atomic mass is 16.5. The third-order valence-electron chi connectivity index (χ3n) is 2.01. The summed E-state index contributed by atoms with van der Waals surface area (Å²) in [6, 6.07) is -0.628. The summed E-state index contributed by atoms with van der Waals surface area (Å²) < 4.78 is 5.13. The van der Waals surface area contributed by atoms with E-state index in [0.29, 0.717) is 6.61 Å². The van der Waals surface area contributed by atoms with Crippen molar-refractivity contribution >= 4 is 11.8 Å². The van der Waals surface area contributed by atoms with E-state index in [1.807, 2.05) is 0 Å². The fraction of sp³-hybridized carbons (Fsp3) is 0.750. The molecule has 1 unspecified atom stereocenters. The summed E-state index contributed by atoms with van der Waals surface area (Å²) in [6.45, 7) is 2.16. The lowest BCUT2D eigenvalue weighted by molar-refractivity contribution is -0.133. The number of nitrogens with one attached hydrogen (secondary N) is 1. The molecule has 5 heteroatoms. The fourth-order valence-corrected chi connectivity index (χ4v) is 1.16. The number of nitrogens with two attached hydrogens (primary N) is 1. The molecule has 0 bridgehead atoms. The molecule has 2 amide bonds. The van der Waals surface area contributed by atoms with Crippen molar-refractivity contribution in [2.75, 3.05) is 6.61 Å². The van der Waals surface area contributed by atoms with Crippen molar-refractivity contribution in [1.29, 1.82) is 0 Å². The Kier molecular flexibility index (Phi) is 3.25. The van der Waals surface area contributed by atoms with Crippen molar-refractivity contribution in [3.8, 4) is 0 Å². The molecule has 1 heterocycles. The van der Waals surface area contributed by atoms with Crippen molar-refractivity contribution in [1.82, 2.24) is 5.32 Å².